The molecular formula is C28H33N3O3S. The standard InChI is InChI=1S/C28H33N3O3S/c1-20-7-14-26(22(3)17-20)30-35(33,34)27-18-24(11-8-21(27)2)28(32)29-19-23-9-12-25(13-10-23)31-15-5-4-6-16-31/h7-14,17-18,30H,4-6,15-16,19H2,1-3H3,(H,29,32). The first kappa shape index (κ1) is 24.8. The summed E-state index contributed by atoms with van der Waals surface area (Å²) in [6.07, 6.45) is 3.75. The molecule has 0 radical (unpaired) electrons. The average Bonchev–Trinajstić information content (AvgIpc) is 2.85. The number of hydrogen-bond donors (Lipinski definition) is 2. The predicted molar refractivity (Wildman–Crippen MR) is 142 cm³/mol. The monoisotopic (exact) mass is 491 g/mol. The highest BCUT2D eigenvalue weighted by Gasteiger charge is 2.20. The van der Waals surface area contributed by atoms with Crippen LogP contribution in [-0.2, 0) is 16.6 Å². The Morgan fingerprint density at radius 2 is 1.57 bits per heavy atom. The fraction of sp³-hybridized carbons (Fsp3) is 0.321. The van der Waals surface area contributed by atoms with Crippen LogP contribution < -0.4 is 14.9 Å². The average molecular weight is 492 g/mol. The third-order valence-electron chi connectivity index (χ3n) is 6.48. The van der Waals surface area contributed by atoms with Crippen molar-refractivity contribution >= 4 is 27.3 Å². The number of carbonyl (C=O) groups excluding carboxylic acids is 1. The summed E-state index contributed by atoms with van der Waals surface area (Å²) in [5, 5.41) is 2.91. The van der Waals surface area contributed by atoms with E-state index in [0.717, 1.165) is 29.8 Å². The van der Waals surface area contributed by atoms with Crippen molar-refractivity contribution in [3.05, 3.63) is 88.5 Å². The van der Waals surface area contributed by atoms with Gasteiger partial charge in [0.1, 0.15) is 0 Å². The number of amides is 1. The van der Waals surface area contributed by atoms with E-state index in [1.165, 1.54) is 31.0 Å². The Hall–Kier alpha value is -3.32. The highest BCUT2D eigenvalue weighted by atomic mass is 32.2. The molecule has 7 heteroatoms. The van der Waals surface area contributed by atoms with Gasteiger partial charge in [-0.15, -0.1) is 0 Å². The minimum atomic E-state index is -3.85. The number of nitrogens with zero attached hydrogens (tertiary/aromatic N) is 1. The van der Waals surface area contributed by atoms with Gasteiger partial charge in [0.2, 0.25) is 0 Å². The molecule has 1 fully saturated rings. The first-order valence-corrected chi connectivity index (χ1v) is 13.5. The number of aryl methyl sites for hydroxylation is 3. The Morgan fingerprint density at radius 3 is 2.26 bits per heavy atom. The molecular weight excluding hydrogens is 458 g/mol. The number of nitrogens with one attached hydrogen (secondary N) is 2. The van der Waals surface area contributed by atoms with E-state index in [-0.39, 0.29) is 10.8 Å². The lowest BCUT2D eigenvalue weighted by Gasteiger charge is -2.28. The molecule has 0 bridgehead atoms. The van der Waals surface area contributed by atoms with Crippen LogP contribution in [0, 0.1) is 20.8 Å². The summed E-state index contributed by atoms with van der Waals surface area (Å²) in [4.78, 5) is 15.3. The molecule has 0 aromatic heterocycles. The summed E-state index contributed by atoms with van der Waals surface area (Å²) in [7, 11) is -3.85. The molecule has 1 heterocycles. The zero-order chi connectivity index (χ0) is 25.0. The second-order valence-corrected chi connectivity index (χ2v) is 11.0. The second-order valence-electron chi connectivity index (χ2n) is 9.30. The van der Waals surface area contributed by atoms with Crippen molar-refractivity contribution in [2.24, 2.45) is 0 Å². The molecule has 6 nitrogen and oxygen atoms in total. The third kappa shape index (κ3) is 6.03. The molecule has 3 aromatic rings. The van der Waals surface area contributed by atoms with E-state index in [1.807, 2.05) is 38.1 Å². The molecule has 3 aromatic carbocycles. The number of sulfonamides is 1. The van der Waals surface area contributed by atoms with Gasteiger partial charge in [-0.05, 0) is 87.1 Å². The molecule has 1 saturated heterocycles. The fourth-order valence-electron chi connectivity index (χ4n) is 4.42. The van der Waals surface area contributed by atoms with Crippen LogP contribution in [0.5, 0.6) is 0 Å². The van der Waals surface area contributed by atoms with Crippen molar-refractivity contribution < 1.29 is 13.2 Å². The van der Waals surface area contributed by atoms with Crippen LogP contribution in [0.3, 0.4) is 0 Å². The van der Waals surface area contributed by atoms with Crippen molar-refractivity contribution in [1.29, 1.82) is 0 Å². The van der Waals surface area contributed by atoms with Crippen molar-refractivity contribution in [3.8, 4) is 0 Å². The quantitative estimate of drug-likeness (QED) is 0.468. The number of benzene rings is 3. The van der Waals surface area contributed by atoms with Crippen LogP contribution in [0.4, 0.5) is 11.4 Å². The van der Waals surface area contributed by atoms with Gasteiger partial charge in [0.25, 0.3) is 15.9 Å². The lowest BCUT2D eigenvalue weighted by atomic mass is 10.1. The maximum Gasteiger partial charge on any atom is 0.262 e. The normalized spacial score (nSPS) is 14.0. The van der Waals surface area contributed by atoms with Crippen LogP contribution in [0.1, 0.15) is 51.9 Å². The SMILES string of the molecule is Cc1ccc(NS(=O)(=O)c2cc(C(=O)NCc3ccc(N4CCCCC4)cc3)ccc2C)c(C)c1. The van der Waals surface area contributed by atoms with Crippen molar-refractivity contribution in [2.75, 3.05) is 22.7 Å². The van der Waals surface area contributed by atoms with Crippen molar-refractivity contribution in [3.63, 3.8) is 0 Å². The van der Waals surface area contributed by atoms with Gasteiger partial charge in [-0.2, -0.15) is 0 Å². The number of carbonyl (C=O) groups is 1. The molecule has 0 saturated carbocycles. The number of hydrogen-bond acceptors (Lipinski definition) is 4. The first-order chi connectivity index (χ1) is 16.7. The maximum absolute atomic E-state index is 13.1. The molecule has 1 amide bonds. The molecule has 0 aliphatic carbocycles. The first-order valence-electron chi connectivity index (χ1n) is 12.1. The minimum absolute atomic E-state index is 0.0935. The molecule has 0 atom stereocenters. The molecule has 184 valence electrons. The van der Waals surface area contributed by atoms with E-state index in [9.17, 15) is 13.2 Å². The molecule has 0 unspecified atom stereocenters. The predicted octanol–water partition coefficient (Wildman–Crippen LogP) is 5.33. The van der Waals surface area contributed by atoms with Crippen molar-refractivity contribution in [1.82, 2.24) is 5.32 Å². The Labute approximate surface area is 208 Å². The highest BCUT2D eigenvalue weighted by molar-refractivity contribution is 7.92. The van der Waals surface area contributed by atoms with E-state index in [0.29, 0.717) is 23.4 Å². The second kappa shape index (κ2) is 10.5. The molecule has 1 aliphatic heterocycles. The van der Waals surface area contributed by atoms with Gasteiger partial charge in [0.05, 0.1) is 10.6 Å². The molecule has 4 rings (SSSR count). The van der Waals surface area contributed by atoms with Crippen LogP contribution in [0.2, 0.25) is 0 Å². The summed E-state index contributed by atoms with van der Waals surface area (Å²) in [6, 6.07) is 18.6. The van der Waals surface area contributed by atoms with Crippen LogP contribution in [0.25, 0.3) is 0 Å². The summed E-state index contributed by atoms with van der Waals surface area (Å²) < 4.78 is 28.9. The summed E-state index contributed by atoms with van der Waals surface area (Å²) >= 11 is 0. The van der Waals surface area contributed by atoms with Crippen LogP contribution >= 0.6 is 0 Å². The Balaban J connectivity index is 1.44. The van der Waals surface area contributed by atoms with E-state index in [1.54, 1.807) is 25.1 Å². The van der Waals surface area contributed by atoms with Gasteiger partial charge in [0.15, 0.2) is 0 Å². The lowest BCUT2D eigenvalue weighted by molar-refractivity contribution is 0.0950. The van der Waals surface area contributed by atoms with Gasteiger partial charge in [-0.3, -0.25) is 9.52 Å². The zero-order valence-electron chi connectivity index (χ0n) is 20.6. The van der Waals surface area contributed by atoms with E-state index in [4.69, 9.17) is 0 Å². The smallest absolute Gasteiger partial charge is 0.262 e. The maximum atomic E-state index is 13.1. The molecule has 2 N–H and O–H groups in total. The highest BCUT2D eigenvalue weighted by Crippen LogP contribution is 2.24. The van der Waals surface area contributed by atoms with Crippen molar-refractivity contribution in [2.45, 2.75) is 51.5 Å². The summed E-state index contributed by atoms with van der Waals surface area (Å²) in [6.45, 7) is 8.10. The Bertz CT molecular complexity index is 1310. The number of anilines is 2. The van der Waals surface area contributed by atoms with Gasteiger partial charge < -0.3 is 10.2 Å². The zero-order valence-corrected chi connectivity index (χ0v) is 21.4. The number of rotatable bonds is 7. The fourth-order valence-corrected chi connectivity index (χ4v) is 5.82. The summed E-state index contributed by atoms with van der Waals surface area (Å²) in [5.74, 6) is -0.312. The Morgan fingerprint density at radius 1 is 0.857 bits per heavy atom. The lowest BCUT2D eigenvalue weighted by Crippen LogP contribution is -2.29. The third-order valence-corrected chi connectivity index (χ3v) is 7.98. The van der Waals surface area contributed by atoms with E-state index < -0.39 is 10.0 Å². The van der Waals surface area contributed by atoms with E-state index >= 15 is 0 Å². The largest absolute Gasteiger partial charge is 0.372 e. The van der Waals surface area contributed by atoms with E-state index in [2.05, 4.69) is 27.1 Å². The van der Waals surface area contributed by atoms with Gasteiger partial charge >= 0.3 is 0 Å². The topological polar surface area (TPSA) is 78.5 Å². The van der Waals surface area contributed by atoms with Gasteiger partial charge in [0, 0.05) is 30.9 Å². The molecule has 0 spiro atoms. The van der Waals surface area contributed by atoms with Gasteiger partial charge in [-0.1, -0.05) is 35.9 Å². The molecule has 1 aliphatic rings. The minimum Gasteiger partial charge on any atom is -0.372 e. The van der Waals surface area contributed by atoms with Gasteiger partial charge in [-0.25, -0.2) is 8.42 Å². The molecule has 35 heavy (non-hydrogen) atoms. The summed E-state index contributed by atoms with van der Waals surface area (Å²) in [5.41, 5.74) is 5.51. The van der Waals surface area contributed by atoms with Crippen LogP contribution in [0.15, 0.2) is 65.6 Å². The Kier molecular flexibility index (Phi) is 7.45. The van der Waals surface area contributed by atoms with Crippen LogP contribution in [-0.4, -0.2) is 27.4 Å². The number of piperidine rings is 1.